The average Bonchev–Trinajstić information content (AvgIpc) is 3.43. The maximum atomic E-state index is 14.0. The van der Waals surface area contributed by atoms with Gasteiger partial charge in [-0.2, -0.15) is 0 Å². The summed E-state index contributed by atoms with van der Waals surface area (Å²) in [5.74, 6) is -3.63. The van der Waals surface area contributed by atoms with Gasteiger partial charge >= 0.3 is 5.97 Å². The first kappa shape index (κ1) is 24.8. The number of carbonyl (C=O) groups is 3. The van der Waals surface area contributed by atoms with E-state index in [1.165, 1.54) is 12.0 Å². The Balaban J connectivity index is 1.47. The Kier molecular flexibility index (Phi) is 6.12. The molecular formula is C31H27N3O5. The lowest BCUT2D eigenvalue weighted by Crippen LogP contribution is -2.57. The summed E-state index contributed by atoms with van der Waals surface area (Å²) in [5.41, 5.74) is 0.227. The fourth-order valence-corrected chi connectivity index (χ4v) is 6.17. The van der Waals surface area contributed by atoms with Gasteiger partial charge in [0.15, 0.2) is 0 Å². The number of methoxy groups -OCH3 is 1. The van der Waals surface area contributed by atoms with Gasteiger partial charge < -0.3 is 9.84 Å². The topological polar surface area (TPSA) is 109 Å². The van der Waals surface area contributed by atoms with E-state index in [4.69, 9.17) is 4.74 Å². The van der Waals surface area contributed by atoms with E-state index in [0.29, 0.717) is 17.0 Å². The Labute approximate surface area is 225 Å². The quantitative estimate of drug-likeness (QED) is 0.357. The van der Waals surface area contributed by atoms with E-state index in [1.54, 1.807) is 36.5 Å². The number of rotatable bonds is 7. The van der Waals surface area contributed by atoms with Gasteiger partial charge in [-0.1, -0.05) is 66.7 Å². The maximum absolute atomic E-state index is 14.0. The number of likely N-dealkylation sites (tertiary alicyclic amines) is 1. The highest BCUT2D eigenvalue weighted by Gasteiger charge is 2.68. The van der Waals surface area contributed by atoms with Crippen molar-refractivity contribution in [2.45, 2.75) is 24.5 Å². The summed E-state index contributed by atoms with van der Waals surface area (Å²) in [6.07, 6.45) is 1.62. The minimum atomic E-state index is -1.72. The molecule has 3 aromatic carbocycles. The molecule has 8 heteroatoms. The molecule has 0 bridgehead atoms. The van der Waals surface area contributed by atoms with Gasteiger partial charge in [-0.05, 0) is 34.5 Å². The number of ether oxygens (including phenoxy) is 1. The average molecular weight is 522 g/mol. The van der Waals surface area contributed by atoms with Crippen LogP contribution in [-0.2, 0) is 27.3 Å². The molecular weight excluding hydrogens is 494 g/mol. The van der Waals surface area contributed by atoms with Gasteiger partial charge in [0.05, 0.1) is 31.2 Å². The summed E-state index contributed by atoms with van der Waals surface area (Å²) >= 11 is 0. The lowest BCUT2D eigenvalue weighted by molar-refractivity contribution is -0.151. The van der Waals surface area contributed by atoms with Gasteiger partial charge in [-0.25, -0.2) is 0 Å². The summed E-state index contributed by atoms with van der Waals surface area (Å²) in [4.78, 5) is 46.6. The number of carboxylic acids is 1. The lowest BCUT2D eigenvalue weighted by atomic mass is 9.76. The van der Waals surface area contributed by atoms with Crippen molar-refractivity contribution in [2.24, 2.45) is 11.8 Å². The first-order valence-electron chi connectivity index (χ1n) is 12.8. The number of nitrogens with zero attached hydrogens (tertiary/aromatic N) is 2. The number of aromatic nitrogens is 1. The van der Waals surface area contributed by atoms with Crippen LogP contribution in [0.1, 0.15) is 22.9 Å². The highest BCUT2D eigenvalue weighted by molar-refractivity contribution is 6.09. The zero-order valence-electron chi connectivity index (χ0n) is 21.3. The molecule has 2 saturated heterocycles. The molecule has 4 aromatic rings. The second kappa shape index (κ2) is 9.63. The highest BCUT2D eigenvalue weighted by atomic mass is 16.5. The molecule has 39 heavy (non-hydrogen) atoms. The standard InChI is InChI=1S/C31H27N3O5/c1-39-24-12-5-4-11-23(24)27-25-26(29(36)34(28(25)35)18-22-10-6-7-15-32-22)31(33-27,30(37)38)17-19-13-14-20-8-2-3-9-21(20)16-19/h2-16,25-27,33H,17-18H2,1H3,(H,37,38). The number of imide groups is 1. The number of hydrogen-bond donors (Lipinski definition) is 2. The first-order valence-corrected chi connectivity index (χ1v) is 12.8. The molecule has 2 fully saturated rings. The number of amides is 2. The van der Waals surface area contributed by atoms with Gasteiger partial charge in [-0.3, -0.25) is 29.6 Å². The highest BCUT2D eigenvalue weighted by Crippen LogP contribution is 2.51. The van der Waals surface area contributed by atoms with Crippen molar-refractivity contribution in [2.75, 3.05) is 7.11 Å². The second-order valence-electron chi connectivity index (χ2n) is 10.1. The SMILES string of the molecule is COc1ccccc1C1NC(Cc2ccc3ccccc3c2)(C(=O)O)C2C(=O)N(Cc3ccccn3)C(=O)C12. The molecule has 1 aromatic heterocycles. The number of carboxylic acid groups (broad SMARTS) is 1. The van der Waals surface area contributed by atoms with Gasteiger partial charge in [0.2, 0.25) is 11.8 Å². The Morgan fingerprint density at radius 1 is 0.974 bits per heavy atom. The molecule has 3 heterocycles. The van der Waals surface area contributed by atoms with Gasteiger partial charge in [0, 0.05) is 24.2 Å². The second-order valence-corrected chi connectivity index (χ2v) is 10.1. The number of pyridine rings is 1. The minimum Gasteiger partial charge on any atom is -0.496 e. The van der Waals surface area contributed by atoms with E-state index in [9.17, 15) is 19.5 Å². The molecule has 2 aliphatic heterocycles. The Hall–Kier alpha value is -4.56. The van der Waals surface area contributed by atoms with Crippen molar-refractivity contribution >= 4 is 28.6 Å². The fraction of sp³-hybridized carbons (Fsp3) is 0.226. The van der Waals surface area contributed by atoms with Crippen LogP contribution in [0.3, 0.4) is 0 Å². The van der Waals surface area contributed by atoms with E-state index in [2.05, 4.69) is 10.3 Å². The minimum absolute atomic E-state index is 0.0180. The van der Waals surface area contributed by atoms with Crippen LogP contribution < -0.4 is 10.1 Å². The maximum Gasteiger partial charge on any atom is 0.325 e. The lowest BCUT2D eigenvalue weighted by Gasteiger charge is -2.31. The number of nitrogens with one attached hydrogen (secondary N) is 1. The Bertz CT molecular complexity index is 1590. The molecule has 2 aliphatic rings. The third kappa shape index (κ3) is 4.04. The number of fused-ring (bicyclic) bond motifs is 2. The molecule has 2 amide bonds. The van der Waals surface area contributed by atoms with Gasteiger partial charge in [0.25, 0.3) is 0 Å². The first-order chi connectivity index (χ1) is 18.9. The van der Waals surface area contributed by atoms with E-state index in [0.717, 1.165) is 16.3 Å². The van der Waals surface area contributed by atoms with Crippen LogP contribution in [0, 0.1) is 11.8 Å². The Morgan fingerprint density at radius 2 is 1.72 bits per heavy atom. The van der Waals surface area contributed by atoms with Crippen molar-refractivity contribution in [3.63, 3.8) is 0 Å². The third-order valence-electron chi connectivity index (χ3n) is 7.94. The van der Waals surface area contributed by atoms with Crippen LogP contribution in [-0.4, -0.2) is 45.4 Å². The third-order valence-corrected chi connectivity index (χ3v) is 7.94. The van der Waals surface area contributed by atoms with Crippen LogP contribution in [0.5, 0.6) is 5.75 Å². The molecule has 0 saturated carbocycles. The number of hydrogen-bond acceptors (Lipinski definition) is 6. The summed E-state index contributed by atoms with van der Waals surface area (Å²) in [7, 11) is 1.53. The van der Waals surface area contributed by atoms with Crippen LogP contribution >= 0.6 is 0 Å². The molecule has 0 aliphatic carbocycles. The zero-order valence-corrected chi connectivity index (χ0v) is 21.3. The monoisotopic (exact) mass is 521 g/mol. The molecule has 6 rings (SSSR count). The molecule has 4 unspecified atom stereocenters. The smallest absolute Gasteiger partial charge is 0.325 e. The van der Waals surface area contributed by atoms with Crippen LogP contribution in [0.15, 0.2) is 91.1 Å². The van der Waals surface area contributed by atoms with Gasteiger partial charge in [-0.15, -0.1) is 0 Å². The molecule has 4 atom stereocenters. The summed E-state index contributed by atoms with van der Waals surface area (Å²) in [6, 6.07) is 25.3. The molecule has 196 valence electrons. The fourth-order valence-electron chi connectivity index (χ4n) is 6.17. The largest absolute Gasteiger partial charge is 0.496 e. The van der Waals surface area contributed by atoms with Crippen LogP contribution in [0.25, 0.3) is 10.8 Å². The van der Waals surface area contributed by atoms with Crippen LogP contribution in [0.2, 0.25) is 0 Å². The van der Waals surface area contributed by atoms with E-state index in [-0.39, 0.29) is 13.0 Å². The van der Waals surface area contributed by atoms with E-state index in [1.807, 2.05) is 54.6 Å². The van der Waals surface area contributed by atoms with E-state index >= 15 is 0 Å². The summed E-state index contributed by atoms with van der Waals surface area (Å²) in [6.45, 7) is -0.0180. The molecule has 2 N–H and O–H groups in total. The van der Waals surface area contributed by atoms with Crippen molar-refractivity contribution < 1.29 is 24.2 Å². The van der Waals surface area contributed by atoms with Crippen LogP contribution in [0.4, 0.5) is 0 Å². The predicted octanol–water partition coefficient (Wildman–Crippen LogP) is 3.76. The zero-order chi connectivity index (χ0) is 27.1. The molecule has 8 nitrogen and oxygen atoms in total. The van der Waals surface area contributed by atoms with Crippen molar-refractivity contribution in [1.82, 2.24) is 15.2 Å². The molecule has 0 spiro atoms. The van der Waals surface area contributed by atoms with Gasteiger partial charge in [0.1, 0.15) is 11.3 Å². The number of benzene rings is 3. The van der Waals surface area contributed by atoms with Crippen molar-refractivity contribution in [3.8, 4) is 5.75 Å². The van der Waals surface area contributed by atoms with Crippen molar-refractivity contribution in [1.29, 1.82) is 0 Å². The predicted molar refractivity (Wildman–Crippen MR) is 144 cm³/mol. The normalized spacial score (nSPS) is 24.2. The summed E-state index contributed by atoms with van der Waals surface area (Å²) < 4.78 is 5.58. The molecule has 0 radical (unpaired) electrons. The van der Waals surface area contributed by atoms with E-state index < -0.39 is 41.2 Å². The Morgan fingerprint density at radius 3 is 2.46 bits per heavy atom. The number of carbonyl (C=O) groups excluding carboxylic acids is 2. The summed E-state index contributed by atoms with van der Waals surface area (Å²) in [5, 5.41) is 16.0. The van der Waals surface area contributed by atoms with Crippen molar-refractivity contribution in [3.05, 3.63) is 108 Å². The number of para-hydroxylation sites is 1. The number of aliphatic carboxylic acids is 1.